The van der Waals surface area contributed by atoms with Crippen LogP contribution in [0.15, 0.2) is 70.7 Å². The molecule has 3 aromatic rings. The predicted octanol–water partition coefficient (Wildman–Crippen LogP) is 4.10. The molecule has 0 atom stereocenters. The second-order valence-electron chi connectivity index (χ2n) is 5.95. The van der Waals surface area contributed by atoms with E-state index in [9.17, 15) is 30.1 Å². The number of aromatic carboxylic acids is 1. The number of nitriles is 1. The molecule has 0 radical (unpaired) electrons. The third-order valence-corrected chi connectivity index (χ3v) is 4.05. The third-order valence-electron chi connectivity index (χ3n) is 4.05. The summed E-state index contributed by atoms with van der Waals surface area (Å²) in [6.07, 6.45) is 1.16. The topological polar surface area (TPSA) is 146 Å². The minimum absolute atomic E-state index is 0.0381. The molecule has 1 amide bonds. The van der Waals surface area contributed by atoms with Crippen LogP contribution in [0.5, 0.6) is 0 Å². The normalized spacial score (nSPS) is 10.8. The third kappa shape index (κ3) is 4.23. The van der Waals surface area contributed by atoms with E-state index < -0.39 is 16.8 Å². The van der Waals surface area contributed by atoms with Crippen molar-refractivity contribution in [3.8, 4) is 17.4 Å². The summed E-state index contributed by atoms with van der Waals surface area (Å²) in [6, 6.07) is 16.4. The van der Waals surface area contributed by atoms with Crippen LogP contribution in [-0.4, -0.2) is 21.9 Å². The van der Waals surface area contributed by atoms with Gasteiger partial charge in [-0.25, -0.2) is 4.79 Å². The lowest BCUT2D eigenvalue weighted by Crippen LogP contribution is -2.16. The first-order chi connectivity index (χ1) is 14.4. The first kappa shape index (κ1) is 20.0. The van der Waals surface area contributed by atoms with Gasteiger partial charge in [0.1, 0.15) is 23.2 Å². The number of nitrogens with one attached hydrogen (secondary N) is 1. The number of rotatable bonds is 6. The van der Waals surface area contributed by atoms with Crippen LogP contribution in [-0.2, 0) is 4.79 Å². The zero-order chi connectivity index (χ0) is 21.7. The van der Waals surface area contributed by atoms with E-state index in [2.05, 4.69) is 5.32 Å². The van der Waals surface area contributed by atoms with Crippen LogP contribution in [0, 0.1) is 21.4 Å². The Morgan fingerprint density at radius 2 is 1.80 bits per heavy atom. The fraction of sp³-hybridized carbons (Fsp3) is 0. The number of anilines is 1. The standard InChI is InChI=1S/C21H13N3O6/c22-12-13(20(25)23-17-7-3-1-5-15(17)21(26)27)11-14-9-10-19(30-14)16-6-2-4-8-18(16)24(28)29/h1-11H,(H,23,25)(H,26,27)/b13-11+. The molecule has 9 heteroatoms. The number of nitrogens with zero attached hydrogens (tertiary/aromatic N) is 2. The van der Waals surface area contributed by atoms with Crippen molar-refractivity contribution >= 4 is 29.3 Å². The van der Waals surface area contributed by atoms with Gasteiger partial charge in [0.25, 0.3) is 11.6 Å². The maximum Gasteiger partial charge on any atom is 0.337 e. The zero-order valence-electron chi connectivity index (χ0n) is 15.2. The number of amides is 1. The van der Waals surface area contributed by atoms with E-state index in [1.807, 2.05) is 0 Å². The van der Waals surface area contributed by atoms with Crippen LogP contribution in [0.1, 0.15) is 16.1 Å². The number of carboxylic acid groups (broad SMARTS) is 1. The highest BCUT2D eigenvalue weighted by atomic mass is 16.6. The number of benzene rings is 2. The molecule has 0 fully saturated rings. The number of furan rings is 1. The van der Waals surface area contributed by atoms with Crippen LogP contribution < -0.4 is 5.32 Å². The van der Waals surface area contributed by atoms with Crippen molar-refractivity contribution in [2.45, 2.75) is 0 Å². The first-order valence-electron chi connectivity index (χ1n) is 8.50. The predicted molar refractivity (Wildman–Crippen MR) is 106 cm³/mol. The Labute approximate surface area is 169 Å². The molecule has 0 aliphatic heterocycles. The molecule has 0 aliphatic carbocycles. The van der Waals surface area contributed by atoms with E-state index >= 15 is 0 Å². The van der Waals surface area contributed by atoms with Crippen molar-refractivity contribution in [2.75, 3.05) is 5.32 Å². The van der Waals surface area contributed by atoms with E-state index in [1.54, 1.807) is 18.2 Å². The molecule has 0 spiro atoms. The Bertz CT molecular complexity index is 1220. The van der Waals surface area contributed by atoms with E-state index in [1.165, 1.54) is 48.5 Å². The number of carbonyl (C=O) groups is 2. The summed E-state index contributed by atoms with van der Waals surface area (Å²) in [6.45, 7) is 0. The molecule has 1 aromatic heterocycles. The van der Waals surface area contributed by atoms with Crippen molar-refractivity contribution in [3.63, 3.8) is 0 Å². The second-order valence-corrected chi connectivity index (χ2v) is 5.95. The highest BCUT2D eigenvalue weighted by Gasteiger charge is 2.18. The lowest BCUT2D eigenvalue weighted by Gasteiger charge is -2.07. The molecule has 2 N–H and O–H groups in total. The van der Waals surface area contributed by atoms with Crippen molar-refractivity contribution in [2.24, 2.45) is 0 Å². The Balaban J connectivity index is 1.88. The summed E-state index contributed by atoms with van der Waals surface area (Å²) in [5, 5.41) is 32.1. The van der Waals surface area contributed by atoms with Gasteiger partial charge in [-0.05, 0) is 30.3 Å². The molecule has 2 aromatic carbocycles. The Morgan fingerprint density at radius 3 is 2.50 bits per heavy atom. The summed E-state index contributed by atoms with van der Waals surface area (Å²) < 4.78 is 5.55. The van der Waals surface area contributed by atoms with E-state index in [4.69, 9.17) is 4.42 Å². The Morgan fingerprint density at radius 1 is 1.10 bits per heavy atom. The fourth-order valence-corrected chi connectivity index (χ4v) is 2.68. The number of hydrogen-bond acceptors (Lipinski definition) is 6. The van der Waals surface area contributed by atoms with E-state index in [0.29, 0.717) is 0 Å². The molecule has 0 bridgehead atoms. The van der Waals surface area contributed by atoms with Gasteiger partial charge in [-0.3, -0.25) is 14.9 Å². The van der Waals surface area contributed by atoms with E-state index in [0.717, 1.165) is 6.08 Å². The molecule has 30 heavy (non-hydrogen) atoms. The molecule has 3 rings (SSSR count). The number of nitro benzene ring substituents is 1. The Hall–Kier alpha value is -4.71. The van der Waals surface area contributed by atoms with E-state index in [-0.39, 0.29) is 39.6 Å². The lowest BCUT2D eigenvalue weighted by atomic mass is 10.1. The fourth-order valence-electron chi connectivity index (χ4n) is 2.68. The molecule has 0 saturated heterocycles. The van der Waals surface area contributed by atoms with Crippen LogP contribution in [0.3, 0.4) is 0 Å². The number of carbonyl (C=O) groups excluding carboxylic acids is 1. The van der Waals surface area contributed by atoms with Crippen LogP contribution in [0.4, 0.5) is 11.4 Å². The van der Waals surface area contributed by atoms with Gasteiger partial charge >= 0.3 is 5.97 Å². The van der Waals surface area contributed by atoms with Gasteiger partial charge in [-0.2, -0.15) is 5.26 Å². The smallest absolute Gasteiger partial charge is 0.337 e. The molecule has 1 heterocycles. The van der Waals surface area contributed by atoms with Crippen LogP contribution in [0.2, 0.25) is 0 Å². The second kappa shape index (κ2) is 8.53. The van der Waals surface area contributed by atoms with Crippen molar-refractivity contribution < 1.29 is 24.0 Å². The van der Waals surface area contributed by atoms with Gasteiger partial charge in [-0.1, -0.05) is 24.3 Å². The van der Waals surface area contributed by atoms with Gasteiger partial charge in [0.05, 0.1) is 21.7 Å². The van der Waals surface area contributed by atoms with Gasteiger partial charge in [0.15, 0.2) is 0 Å². The molecule has 0 unspecified atom stereocenters. The average Bonchev–Trinajstić information content (AvgIpc) is 3.20. The SMILES string of the molecule is N#C/C(=C\c1ccc(-c2ccccc2[N+](=O)[O-])o1)C(=O)Nc1ccccc1C(=O)O. The summed E-state index contributed by atoms with van der Waals surface area (Å²) in [5.41, 5.74) is -0.318. The van der Waals surface area contributed by atoms with Crippen LogP contribution >= 0.6 is 0 Å². The van der Waals surface area contributed by atoms with Gasteiger partial charge in [0.2, 0.25) is 0 Å². The summed E-state index contributed by atoms with van der Waals surface area (Å²) in [5.74, 6) is -1.73. The Kier molecular flexibility index (Phi) is 5.70. The highest BCUT2D eigenvalue weighted by Crippen LogP contribution is 2.31. The quantitative estimate of drug-likeness (QED) is 0.272. The summed E-state index contributed by atoms with van der Waals surface area (Å²) >= 11 is 0. The zero-order valence-corrected chi connectivity index (χ0v) is 15.2. The van der Waals surface area contributed by atoms with Crippen molar-refractivity contribution in [1.29, 1.82) is 5.26 Å². The maximum absolute atomic E-state index is 12.4. The number of hydrogen-bond donors (Lipinski definition) is 2. The summed E-state index contributed by atoms with van der Waals surface area (Å²) in [4.78, 5) is 34.3. The van der Waals surface area contributed by atoms with Crippen molar-refractivity contribution in [3.05, 3.63) is 87.7 Å². The van der Waals surface area contributed by atoms with Crippen molar-refractivity contribution in [1.82, 2.24) is 0 Å². The van der Waals surface area contributed by atoms with Gasteiger partial charge in [0, 0.05) is 12.1 Å². The number of para-hydroxylation sites is 2. The van der Waals surface area contributed by atoms with Gasteiger partial charge in [-0.15, -0.1) is 0 Å². The molecule has 9 nitrogen and oxygen atoms in total. The largest absolute Gasteiger partial charge is 0.478 e. The molecule has 0 aliphatic rings. The first-order valence-corrected chi connectivity index (χ1v) is 8.50. The molecule has 148 valence electrons. The summed E-state index contributed by atoms with van der Waals surface area (Å²) in [7, 11) is 0. The minimum Gasteiger partial charge on any atom is -0.478 e. The highest BCUT2D eigenvalue weighted by molar-refractivity contribution is 6.11. The molecule has 0 saturated carbocycles. The monoisotopic (exact) mass is 403 g/mol. The number of carboxylic acids is 1. The lowest BCUT2D eigenvalue weighted by molar-refractivity contribution is -0.384. The minimum atomic E-state index is -1.23. The maximum atomic E-state index is 12.4. The average molecular weight is 403 g/mol. The van der Waals surface area contributed by atoms with Crippen LogP contribution in [0.25, 0.3) is 17.4 Å². The van der Waals surface area contributed by atoms with Gasteiger partial charge < -0.3 is 14.8 Å². The molecular weight excluding hydrogens is 390 g/mol. The number of nitro groups is 1. The molecular formula is C21H13N3O6.